The van der Waals surface area contributed by atoms with Crippen molar-refractivity contribution in [3.63, 3.8) is 0 Å². The normalized spacial score (nSPS) is 10.7. The second-order valence-corrected chi connectivity index (χ2v) is 4.14. The van der Waals surface area contributed by atoms with Crippen LogP contribution in [-0.4, -0.2) is 32.3 Å². The van der Waals surface area contributed by atoms with Gasteiger partial charge in [-0.15, -0.1) is 12.4 Å². The predicted molar refractivity (Wildman–Crippen MR) is 75.6 cm³/mol. The average Bonchev–Trinajstić information content (AvgIpc) is 2.40. The monoisotopic (exact) mass is 326 g/mol. The lowest BCUT2D eigenvalue weighted by atomic mass is 10.2. The van der Waals surface area contributed by atoms with Gasteiger partial charge in [0.1, 0.15) is 5.75 Å². The minimum absolute atomic E-state index is 0. The lowest BCUT2D eigenvalue weighted by Crippen LogP contribution is -2.26. The maximum absolute atomic E-state index is 12.1. The minimum atomic E-state index is -4.39. The Kier molecular flexibility index (Phi) is 8.80. The van der Waals surface area contributed by atoms with Gasteiger partial charge in [0.05, 0.1) is 0 Å². The molecule has 1 aromatic carbocycles. The van der Waals surface area contributed by atoms with Gasteiger partial charge in [-0.25, -0.2) is 0 Å². The van der Waals surface area contributed by atoms with Crippen LogP contribution in [0.3, 0.4) is 0 Å². The summed E-state index contributed by atoms with van der Waals surface area (Å²) < 4.78 is 41.1. The molecular weight excluding hydrogens is 309 g/mol. The summed E-state index contributed by atoms with van der Waals surface area (Å²) in [7, 11) is 1.73. The Morgan fingerprint density at radius 2 is 1.95 bits per heavy atom. The molecule has 0 aromatic heterocycles. The van der Waals surface area contributed by atoms with Gasteiger partial charge in [0.15, 0.2) is 6.61 Å². The van der Waals surface area contributed by atoms with Crippen LogP contribution in [-0.2, 0) is 11.3 Å². The third-order valence-electron chi connectivity index (χ3n) is 2.44. The van der Waals surface area contributed by atoms with E-state index in [2.05, 4.69) is 10.6 Å². The molecule has 1 rings (SSSR count). The number of hydrogen-bond donors (Lipinski definition) is 2. The van der Waals surface area contributed by atoms with E-state index in [1.165, 1.54) is 6.07 Å². The molecule has 0 aliphatic rings. The highest BCUT2D eigenvalue weighted by atomic mass is 35.5. The van der Waals surface area contributed by atoms with Crippen LogP contribution in [0.5, 0.6) is 5.75 Å². The van der Waals surface area contributed by atoms with Crippen LogP contribution in [0.15, 0.2) is 24.3 Å². The molecule has 21 heavy (non-hydrogen) atoms. The largest absolute Gasteiger partial charge is 0.484 e. The van der Waals surface area contributed by atoms with E-state index < -0.39 is 12.8 Å². The van der Waals surface area contributed by atoms with Gasteiger partial charge in [-0.2, -0.15) is 13.2 Å². The lowest BCUT2D eigenvalue weighted by molar-refractivity contribution is -0.153. The summed E-state index contributed by atoms with van der Waals surface area (Å²) in [5.74, 6) is -0.0521. The summed E-state index contributed by atoms with van der Waals surface area (Å²) in [6.07, 6.45) is -4.08. The molecule has 0 heterocycles. The van der Waals surface area contributed by atoms with Gasteiger partial charge in [-0.1, -0.05) is 18.2 Å². The van der Waals surface area contributed by atoms with Gasteiger partial charge >= 0.3 is 6.18 Å². The maximum Gasteiger partial charge on any atom is 0.422 e. The number of alkyl halides is 3. The quantitative estimate of drug-likeness (QED) is 0.808. The molecule has 120 valence electrons. The van der Waals surface area contributed by atoms with E-state index in [4.69, 9.17) is 4.74 Å². The van der Waals surface area contributed by atoms with Crippen molar-refractivity contribution < 1.29 is 22.7 Å². The second-order valence-electron chi connectivity index (χ2n) is 4.14. The van der Waals surface area contributed by atoms with Crippen molar-refractivity contribution in [2.45, 2.75) is 19.1 Å². The van der Waals surface area contributed by atoms with E-state index >= 15 is 0 Å². The Labute approximate surface area is 127 Å². The zero-order chi connectivity index (χ0) is 15.0. The van der Waals surface area contributed by atoms with Crippen LogP contribution in [0.4, 0.5) is 13.2 Å². The first-order valence-corrected chi connectivity index (χ1v) is 6.11. The highest BCUT2D eigenvalue weighted by Crippen LogP contribution is 2.21. The first-order chi connectivity index (χ1) is 9.42. The Bertz CT molecular complexity index is 442. The molecule has 0 saturated carbocycles. The van der Waals surface area contributed by atoms with Crippen molar-refractivity contribution in [3.8, 4) is 5.75 Å². The molecule has 1 amide bonds. The van der Waals surface area contributed by atoms with E-state index in [1.807, 2.05) is 0 Å². The van der Waals surface area contributed by atoms with Crippen LogP contribution in [0.2, 0.25) is 0 Å². The van der Waals surface area contributed by atoms with Crippen LogP contribution < -0.4 is 15.4 Å². The first-order valence-electron chi connectivity index (χ1n) is 6.11. The predicted octanol–water partition coefficient (Wildman–Crippen LogP) is 2.28. The van der Waals surface area contributed by atoms with Crippen molar-refractivity contribution in [2.24, 2.45) is 0 Å². The fraction of sp³-hybridized carbons (Fsp3) is 0.462. The number of carbonyl (C=O) groups excluding carboxylic acids is 1. The van der Waals surface area contributed by atoms with E-state index in [0.717, 1.165) is 0 Å². The number of amides is 1. The molecule has 4 nitrogen and oxygen atoms in total. The van der Waals surface area contributed by atoms with Crippen LogP contribution in [0, 0.1) is 0 Å². The maximum atomic E-state index is 12.1. The van der Waals surface area contributed by atoms with Crippen molar-refractivity contribution >= 4 is 18.3 Å². The third-order valence-corrected chi connectivity index (χ3v) is 2.44. The fourth-order valence-corrected chi connectivity index (χ4v) is 1.47. The van der Waals surface area contributed by atoms with Gasteiger partial charge in [0, 0.05) is 25.1 Å². The lowest BCUT2D eigenvalue weighted by Gasteiger charge is -2.13. The smallest absolute Gasteiger partial charge is 0.422 e. The second kappa shape index (κ2) is 9.46. The SMILES string of the molecule is CNCCC(=O)NCc1ccccc1OCC(F)(F)F.Cl. The zero-order valence-electron chi connectivity index (χ0n) is 11.5. The number of rotatable bonds is 7. The summed E-state index contributed by atoms with van der Waals surface area (Å²) in [6.45, 7) is -0.674. The van der Waals surface area contributed by atoms with E-state index in [9.17, 15) is 18.0 Å². The number of halogens is 4. The van der Waals surface area contributed by atoms with Gasteiger partial charge in [-0.3, -0.25) is 4.79 Å². The number of benzene rings is 1. The standard InChI is InChI=1S/C13H17F3N2O2.ClH/c1-17-7-6-12(19)18-8-10-4-2-3-5-11(10)20-9-13(14,15)16;/h2-5,17H,6-9H2,1H3,(H,18,19);1H. The molecule has 0 fully saturated rings. The number of ether oxygens (including phenoxy) is 1. The molecule has 0 aliphatic heterocycles. The molecule has 2 N–H and O–H groups in total. The molecule has 0 saturated heterocycles. The Morgan fingerprint density at radius 1 is 1.29 bits per heavy atom. The summed E-state index contributed by atoms with van der Waals surface area (Å²) in [5, 5.41) is 5.47. The summed E-state index contributed by atoms with van der Waals surface area (Å²) in [5.41, 5.74) is 0.509. The molecule has 0 radical (unpaired) electrons. The van der Waals surface area contributed by atoms with Crippen LogP contribution in [0.1, 0.15) is 12.0 Å². The van der Waals surface area contributed by atoms with Crippen molar-refractivity contribution in [2.75, 3.05) is 20.2 Å². The number of nitrogens with one attached hydrogen (secondary N) is 2. The minimum Gasteiger partial charge on any atom is -0.484 e. The van der Waals surface area contributed by atoms with Gasteiger partial charge in [0.2, 0.25) is 5.91 Å². The first kappa shape index (κ1) is 19.5. The highest BCUT2D eigenvalue weighted by molar-refractivity contribution is 5.85. The van der Waals surface area contributed by atoms with E-state index in [-0.39, 0.29) is 30.6 Å². The number of hydrogen-bond acceptors (Lipinski definition) is 3. The molecule has 0 spiro atoms. The summed E-state index contributed by atoms with van der Waals surface area (Å²) in [4.78, 5) is 11.4. The molecular formula is C13H18ClF3N2O2. The molecule has 8 heteroatoms. The fourth-order valence-electron chi connectivity index (χ4n) is 1.47. The Hall–Kier alpha value is -1.47. The molecule has 0 atom stereocenters. The van der Waals surface area contributed by atoms with Gasteiger partial charge < -0.3 is 15.4 Å². The Morgan fingerprint density at radius 3 is 2.57 bits per heavy atom. The van der Waals surface area contributed by atoms with Crippen LogP contribution >= 0.6 is 12.4 Å². The van der Waals surface area contributed by atoms with E-state index in [0.29, 0.717) is 18.5 Å². The average molecular weight is 327 g/mol. The summed E-state index contributed by atoms with van der Waals surface area (Å²) in [6, 6.07) is 6.32. The molecule has 0 aliphatic carbocycles. The number of para-hydroxylation sites is 1. The Balaban J connectivity index is 0.00000400. The topological polar surface area (TPSA) is 50.4 Å². The number of carbonyl (C=O) groups is 1. The van der Waals surface area contributed by atoms with E-state index in [1.54, 1.807) is 25.2 Å². The third kappa shape index (κ3) is 8.41. The molecule has 1 aromatic rings. The van der Waals surface area contributed by atoms with Crippen LogP contribution in [0.25, 0.3) is 0 Å². The summed E-state index contributed by atoms with van der Waals surface area (Å²) >= 11 is 0. The van der Waals surface area contributed by atoms with Crippen molar-refractivity contribution in [3.05, 3.63) is 29.8 Å². The van der Waals surface area contributed by atoms with Crippen molar-refractivity contribution in [1.82, 2.24) is 10.6 Å². The van der Waals surface area contributed by atoms with Gasteiger partial charge in [-0.05, 0) is 13.1 Å². The van der Waals surface area contributed by atoms with Gasteiger partial charge in [0.25, 0.3) is 0 Å². The van der Waals surface area contributed by atoms with Crippen molar-refractivity contribution in [1.29, 1.82) is 0 Å². The highest BCUT2D eigenvalue weighted by Gasteiger charge is 2.28. The molecule has 0 unspecified atom stereocenters. The zero-order valence-corrected chi connectivity index (χ0v) is 12.3. The molecule has 0 bridgehead atoms.